The summed E-state index contributed by atoms with van der Waals surface area (Å²) < 4.78 is 38.4. The van der Waals surface area contributed by atoms with Crippen molar-refractivity contribution in [3.63, 3.8) is 0 Å². The number of fused-ring (bicyclic) bond motifs is 1. The standard InChI is InChI=1S/C18H27N3O5S/c1-19-17(22)12-21(11-10-20(2)14-6-3-4-7-14)27(23,24)16-9-5-8-15-18(16)26-13-25-15/h5,8-9,14H,3-4,6-7,10-13H2,1-2H3,(H,19,22). The van der Waals surface area contributed by atoms with Gasteiger partial charge in [0.25, 0.3) is 0 Å². The Morgan fingerprint density at radius 1 is 1.22 bits per heavy atom. The Kier molecular flexibility index (Phi) is 6.23. The van der Waals surface area contributed by atoms with E-state index >= 15 is 0 Å². The minimum absolute atomic E-state index is 0.0122. The summed E-state index contributed by atoms with van der Waals surface area (Å²) in [7, 11) is -0.403. The van der Waals surface area contributed by atoms with Crippen molar-refractivity contribution in [2.24, 2.45) is 0 Å². The van der Waals surface area contributed by atoms with Crippen LogP contribution in [0.1, 0.15) is 25.7 Å². The number of hydrogen-bond acceptors (Lipinski definition) is 6. The van der Waals surface area contributed by atoms with Crippen LogP contribution in [0.3, 0.4) is 0 Å². The number of carbonyl (C=O) groups excluding carboxylic acids is 1. The maximum Gasteiger partial charge on any atom is 0.247 e. The zero-order chi connectivity index (χ0) is 19.4. The molecule has 8 nitrogen and oxygen atoms in total. The molecule has 2 aliphatic rings. The van der Waals surface area contributed by atoms with Crippen molar-refractivity contribution in [3.8, 4) is 11.5 Å². The lowest BCUT2D eigenvalue weighted by molar-refractivity contribution is -0.120. The molecule has 0 bridgehead atoms. The van der Waals surface area contributed by atoms with E-state index in [9.17, 15) is 13.2 Å². The Morgan fingerprint density at radius 2 is 1.96 bits per heavy atom. The summed E-state index contributed by atoms with van der Waals surface area (Å²) in [4.78, 5) is 14.2. The lowest BCUT2D eigenvalue weighted by atomic mass is 10.2. The van der Waals surface area contributed by atoms with Crippen LogP contribution in [0.5, 0.6) is 11.5 Å². The zero-order valence-electron chi connectivity index (χ0n) is 15.8. The van der Waals surface area contributed by atoms with E-state index in [1.807, 2.05) is 7.05 Å². The molecule has 0 saturated heterocycles. The van der Waals surface area contributed by atoms with Crippen LogP contribution in [0, 0.1) is 0 Å². The van der Waals surface area contributed by atoms with E-state index < -0.39 is 10.0 Å². The summed E-state index contributed by atoms with van der Waals surface area (Å²) in [5.41, 5.74) is 0. The fourth-order valence-electron chi connectivity index (χ4n) is 3.57. The average Bonchev–Trinajstić information content (AvgIpc) is 3.35. The van der Waals surface area contributed by atoms with Crippen molar-refractivity contribution < 1.29 is 22.7 Å². The van der Waals surface area contributed by atoms with Gasteiger partial charge in [-0.25, -0.2) is 8.42 Å². The van der Waals surface area contributed by atoms with Crippen LogP contribution in [0.15, 0.2) is 23.1 Å². The summed E-state index contributed by atoms with van der Waals surface area (Å²) in [6, 6.07) is 5.24. The van der Waals surface area contributed by atoms with Gasteiger partial charge in [0.1, 0.15) is 4.90 Å². The van der Waals surface area contributed by atoms with Crippen LogP contribution in [0.4, 0.5) is 0 Å². The first-order chi connectivity index (χ1) is 12.9. The molecule has 150 valence electrons. The van der Waals surface area contributed by atoms with Crippen LogP contribution in [-0.2, 0) is 14.8 Å². The van der Waals surface area contributed by atoms with Gasteiger partial charge in [-0.1, -0.05) is 18.9 Å². The number of amides is 1. The van der Waals surface area contributed by atoms with E-state index in [0.29, 0.717) is 18.3 Å². The van der Waals surface area contributed by atoms with Gasteiger partial charge in [0.05, 0.1) is 6.54 Å². The van der Waals surface area contributed by atoms with Crippen LogP contribution in [0.2, 0.25) is 0 Å². The third-order valence-electron chi connectivity index (χ3n) is 5.23. The number of hydrogen-bond donors (Lipinski definition) is 1. The highest BCUT2D eigenvalue weighted by Gasteiger charge is 2.33. The number of sulfonamides is 1. The molecule has 0 atom stereocenters. The van der Waals surface area contributed by atoms with E-state index in [-0.39, 0.29) is 36.4 Å². The van der Waals surface area contributed by atoms with Crippen molar-refractivity contribution in [3.05, 3.63) is 18.2 Å². The second-order valence-corrected chi connectivity index (χ2v) is 8.83. The number of carbonyl (C=O) groups is 1. The lowest BCUT2D eigenvalue weighted by Crippen LogP contribution is -2.44. The van der Waals surface area contributed by atoms with Gasteiger partial charge in [0, 0.05) is 26.2 Å². The number of likely N-dealkylation sites (N-methyl/N-ethyl adjacent to an activating group) is 2. The number of benzene rings is 1. The molecule has 1 aliphatic carbocycles. The molecule has 1 aromatic rings. The van der Waals surface area contributed by atoms with E-state index in [1.165, 1.54) is 30.3 Å². The molecule has 0 spiro atoms. The fourth-order valence-corrected chi connectivity index (χ4v) is 5.10. The molecule has 9 heteroatoms. The molecule has 1 saturated carbocycles. The number of nitrogens with one attached hydrogen (secondary N) is 1. The molecule has 1 heterocycles. The molecule has 1 aliphatic heterocycles. The van der Waals surface area contributed by atoms with E-state index in [0.717, 1.165) is 12.8 Å². The first-order valence-electron chi connectivity index (χ1n) is 9.23. The van der Waals surface area contributed by atoms with Gasteiger partial charge in [0.15, 0.2) is 11.5 Å². The van der Waals surface area contributed by atoms with Crippen LogP contribution in [-0.4, -0.2) is 70.1 Å². The molecule has 1 N–H and O–H groups in total. The smallest absolute Gasteiger partial charge is 0.247 e. The predicted octanol–water partition coefficient (Wildman–Crippen LogP) is 1.03. The molecule has 0 aromatic heterocycles. The molecular formula is C18H27N3O5S. The second-order valence-electron chi connectivity index (χ2n) is 6.92. The van der Waals surface area contributed by atoms with Crippen molar-refractivity contribution in [1.82, 2.24) is 14.5 Å². The monoisotopic (exact) mass is 397 g/mol. The number of para-hydroxylation sites is 1. The number of rotatable bonds is 8. The SMILES string of the molecule is CNC(=O)CN(CCN(C)C1CCCC1)S(=O)(=O)c1cccc2c1OCO2. The Morgan fingerprint density at radius 3 is 2.67 bits per heavy atom. The maximum absolute atomic E-state index is 13.3. The first-order valence-corrected chi connectivity index (χ1v) is 10.7. The Hall–Kier alpha value is -1.84. The lowest BCUT2D eigenvalue weighted by Gasteiger charge is -2.28. The Labute approximate surface area is 160 Å². The molecule has 1 amide bonds. The number of ether oxygens (including phenoxy) is 2. The van der Waals surface area contributed by atoms with E-state index in [4.69, 9.17) is 9.47 Å². The van der Waals surface area contributed by atoms with Gasteiger partial charge in [-0.15, -0.1) is 0 Å². The van der Waals surface area contributed by atoms with Gasteiger partial charge < -0.3 is 19.7 Å². The minimum atomic E-state index is -3.91. The average molecular weight is 397 g/mol. The Balaban J connectivity index is 1.81. The zero-order valence-corrected chi connectivity index (χ0v) is 16.6. The first kappa shape index (κ1) is 19.9. The van der Waals surface area contributed by atoms with E-state index in [1.54, 1.807) is 12.1 Å². The van der Waals surface area contributed by atoms with Crippen molar-refractivity contribution in [2.45, 2.75) is 36.6 Å². The van der Waals surface area contributed by atoms with Crippen LogP contribution < -0.4 is 14.8 Å². The largest absolute Gasteiger partial charge is 0.454 e. The molecule has 0 unspecified atom stereocenters. The summed E-state index contributed by atoms with van der Waals surface area (Å²) in [6.07, 6.45) is 4.69. The van der Waals surface area contributed by atoms with Crippen LogP contribution >= 0.6 is 0 Å². The highest BCUT2D eigenvalue weighted by molar-refractivity contribution is 7.89. The topological polar surface area (TPSA) is 88.2 Å². The van der Waals surface area contributed by atoms with Gasteiger partial charge in [-0.3, -0.25) is 4.79 Å². The predicted molar refractivity (Wildman–Crippen MR) is 100 cm³/mol. The van der Waals surface area contributed by atoms with Gasteiger partial charge in [-0.05, 0) is 32.0 Å². The third kappa shape index (κ3) is 4.36. The molecule has 3 rings (SSSR count). The molecule has 1 aromatic carbocycles. The minimum Gasteiger partial charge on any atom is -0.454 e. The molecule has 0 radical (unpaired) electrons. The fraction of sp³-hybridized carbons (Fsp3) is 0.611. The second kappa shape index (κ2) is 8.45. The van der Waals surface area contributed by atoms with E-state index in [2.05, 4.69) is 10.2 Å². The highest BCUT2D eigenvalue weighted by atomic mass is 32.2. The van der Waals surface area contributed by atoms with Crippen molar-refractivity contribution >= 4 is 15.9 Å². The van der Waals surface area contributed by atoms with Gasteiger partial charge in [-0.2, -0.15) is 4.31 Å². The van der Waals surface area contributed by atoms with Gasteiger partial charge >= 0.3 is 0 Å². The normalized spacial score (nSPS) is 17.0. The summed E-state index contributed by atoms with van der Waals surface area (Å²) in [5.74, 6) is 0.259. The quantitative estimate of drug-likeness (QED) is 0.705. The molecule has 1 fully saturated rings. The van der Waals surface area contributed by atoms with Gasteiger partial charge in [0.2, 0.25) is 22.7 Å². The van der Waals surface area contributed by atoms with Crippen LogP contribution in [0.25, 0.3) is 0 Å². The van der Waals surface area contributed by atoms with Crippen molar-refractivity contribution in [2.75, 3.05) is 40.5 Å². The summed E-state index contributed by atoms with van der Waals surface area (Å²) >= 11 is 0. The Bertz CT molecular complexity index is 777. The molecule has 27 heavy (non-hydrogen) atoms. The summed E-state index contributed by atoms with van der Waals surface area (Å²) in [5, 5.41) is 2.50. The third-order valence-corrected chi connectivity index (χ3v) is 7.10. The summed E-state index contributed by atoms with van der Waals surface area (Å²) in [6.45, 7) is 0.546. The van der Waals surface area contributed by atoms with Crippen molar-refractivity contribution in [1.29, 1.82) is 0 Å². The molecular weight excluding hydrogens is 370 g/mol. The maximum atomic E-state index is 13.3. The number of nitrogens with zero attached hydrogens (tertiary/aromatic N) is 2. The highest BCUT2D eigenvalue weighted by Crippen LogP contribution is 2.39.